The zero-order valence-electron chi connectivity index (χ0n) is 20.5. The first kappa shape index (κ1) is 28.4. The number of benzene rings is 4. The van der Waals surface area contributed by atoms with E-state index < -0.39 is 24.9 Å². The average Bonchev–Trinajstić information content (AvgIpc) is 2.88. The topological polar surface area (TPSA) is 29.1 Å². The summed E-state index contributed by atoms with van der Waals surface area (Å²) in [6.45, 7) is 3.14. The van der Waals surface area contributed by atoms with E-state index >= 15 is 0 Å². The third kappa shape index (κ3) is 6.23. The smallest absolute Gasteiger partial charge is 0.471 e. The number of nitrogens with one attached hydrogen (secondary N) is 1. The molecule has 0 saturated carbocycles. The molecule has 7 heteroatoms. The first-order chi connectivity index (χ1) is 17.1. The molecule has 37 heavy (non-hydrogen) atoms. The number of carbonyl (C=O) groups is 1. The monoisotopic (exact) mass is 541 g/mol. The second-order valence-electron chi connectivity index (χ2n) is 9.25. The molecule has 4 aromatic rings. The van der Waals surface area contributed by atoms with Crippen molar-refractivity contribution >= 4 is 29.1 Å². The summed E-state index contributed by atoms with van der Waals surface area (Å²) < 4.78 is 38.5. The molecule has 0 heterocycles. The van der Waals surface area contributed by atoms with Crippen molar-refractivity contribution in [1.29, 1.82) is 0 Å². The summed E-state index contributed by atoms with van der Waals surface area (Å²) in [6, 6.07) is 39.0. The highest BCUT2D eigenvalue weighted by Crippen LogP contribution is 2.58. The lowest BCUT2D eigenvalue weighted by Crippen LogP contribution is -3.00. The molecule has 2 nitrogen and oxygen atoms in total. The van der Waals surface area contributed by atoms with Gasteiger partial charge in [0.15, 0.2) is 0 Å². The van der Waals surface area contributed by atoms with Gasteiger partial charge < -0.3 is 17.7 Å². The zero-order chi connectivity index (χ0) is 25.8. The normalized spacial score (nSPS) is 11.9. The number of halogens is 4. The van der Waals surface area contributed by atoms with Crippen molar-refractivity contribution in [2.24, 2.45) is 0 Å². The number of alkyl halides is 3. The molecule has 0 unspecified atom stereocenters. The lowest BCUT2D eigenvalue weighted by Gasteiger charge is -2.29. The Morgan fingerprint density at radius 2 is 1.05 bits per heavy atom. The summed E-state index contributed by atoms with van der Waals surface area (Å²) in [7, 11) is -2.09. The van der Waals surface area contributed by atoms with E-state index in [9.17, 15) is 18.0 Å². The van der Waals surface area contributed by atoms with Crippen LogP contribution in [0.3, 0.4) is 0 Å². The van der Waals surface area contributed by atoms with Crippen molar-refractivity contribution in [1.82, 2.24) is 5.32 Å². The van der Waals surface area contributed by atoms with Crippen LogP contribution < -0.4 is 33.6 Å². The summed E-state index contributed by atoms with van der Waals surface area (Å²) in [5, 5.41) is 5.86. The molecule has 0 aliphatic carbocycles. The van der Waals surface area contributed by atoms with E-state index in [-0.39, 0.29) is 12.4 Å². The summed E-state index contributed by atoms with van der Waals surface area (Å²) in [6.07, 6.45) is -4.18. The van der Waals surface area contributed by atoms with Crippen LogP contribution in [0.1, 0.15) is 25.0 Å². The van der Waals surface area contributed by atoms with Crippen LogP contribution in [0, 0.1) is 0 Å². The zero-order valence-corrected chi connectivity index (χ0v) is 22.2. The van der Waals surface area contributed by atoms with Crippen LogP contribution in [0.2, 0.25) is 0 Å². The van der Waals surface area contributed by atoms with Crippen molar-refractivity contribution in [2.75, 3.05) is 0 Å². The van der Waals surface area contributed by atoms with E-state index in [4.69, 9.17) is 0 Å². The van der Waals surface area contributed by atoms with Crippen LogP contribution in [0.15, 0.2) is 115 Å². The number of hydrogen-bond acceptors (Lipinski definition) is 1. The van der Waals surface area contributed by atoms with Crippen LogP contribution in [0.5, 0.6) is 0 Å². The third-order valence-electron chi connectivity index (χ3n) is 6.37. The van der Waals surface area contributed by atoms with E-state index in [1.807, 2.05) is 42.5 Å². The summed E-state index contributed by atoms with van der Waals surface area (Å²) >= 11 is 0. The summed E-state index contributed by atoms with van der Waals surface area (Å²) in [4.78, 5) is 11.5. The van der Waals surface area contributed by atoms with Crippen LogP contribution in [-0.2, 0) is 16.5 Å². The van der Waals surface area contributed by atoms with Crippen molar-refractivity contribution in [3.63, 3.8) is 0 Å². The van der Waals surface area contributed by atoms with Gasteiger partial charge in [0.2, 0.25) is 0 Å². The minimum atomic E-state index is -4.93. The quantitative estimate of drug-likeness (QED) is 0.358. The Morgan fingerprint density at radius 3 is 1.41 bits per heavy atom. The highest BCUT2D eigenvalue weighted by Gasteiger charge is 2.45. The SMILES string of the molecule is CC(C)(NC(=O)C(F)(F)F)c1ccc(C[P+](c2ccccc2)(c2ccccc2)c2ccccc2)cc1.[Cl-]. The van der Waals surface area contributed by atoms with Crippen molar-refractivity contribution in [3.05, 3.63) is 126 Å². The Kier molecular flexibility index (Phi) is 8.84. The largest absolute Gasteiger partial charge is 1.00 e. The Balaban J connectivity index is 0.00000380. The Hall–Kier alpha value is -3.14. The number of hydrogen-bond donors (Lipinski definition) is 1. The number of amides is 1. The predicted molar refractivity (Wildman–Crippen MR) is 143 cm³/mol. The fraction of sp³-hybridized carbons (Fsp3) is 0.167. The minimum Gasteiger partial charge on any atom is -1.00 e. The van der Waals surface area contributed by atoms with Crippen LogP contribution in [0.4, 0.5) is 13.2 Å². The minimum absolute atomic E-state index is 0. The van der Waals surface area contributed by atoms with E-state index in [0.717, 1.165) is 11.7 Å². The molecule has 0 aliphatic rings. The van der Waals surface area contributed by atoms with Crippen LogP contribution >= 0.6 is 7.26 Å². The average molecular weight is 542 g/mol. The van der Waals surface area contributed by atoms with Gasteiger partial charge in [-0.1, -0.05) is 78.9 Å². The van der Waals surface area contributed by atoms with Gasteiger partial charge in [0.05, 0.1) is 11.7 Å². The maximum atomic E-state index is 12.8. The Labute approximate surface area is 222 Å². The van der Waals surface area contributed by atoms with Gasteiger partial charge in [0.1, 0.15) is 23.2 Å². The van der Waals surface area contributed by atoms with E-state index in [1.165, 1.54) is 15.9 Å². The first-order valence-electron chi connectivity index (χ1n) is 11.7. The molecule has 4 rings (SSSR count). The van der Waals surface area contributed by atoms with Gasteiger partial charge in [0, 0.05) is 0 Å². The fourth-order valence-corrected chi connectivity index (χ4v) is 8.74. The van der Waals surface area contributed by atoms with Gasteiger partial charge in [-0.15, -0.1) is 0 Å². The molecule has 1 amide bonds. The molecular formula is C30H28ClF3NOP. The van der Waals surface area contributed by atoms with Gasteiger partial charge in [-0.05, 0) is 61.4 Å². The molecular weight excluding hydrogens is 514 g/mol. The molecule has 1 N–H and O–H groups in total. The highest BCUT2D eigenvalue weighted by atomic mass is 35.5. The van der Waals surface area contributed by atoms with Gasteiger partial charge >= 0.3 is 12.1 Å². The lowest BCUT2D eigenvalue weighted by atomic mass is 9.93. The molecule has 4 aromatic carbocycles. The van der Waals surface area contributed by atoms with Gasteiger partial charge in [-0.25, -0.2) is 0 Å². The number of carbonyl (C=O) groups excluding carboxylic acids is 1. The Morgan fingerprint density at radius 1 is 0.676 bits per heavy atom. The second kappa shape index (κ2) is 11.5. The van der Waals surface area contributed by atoms with E-state index in [2.05, 4.69) is 78.1 Å². The van der Waals surface area contributed by atoms with Gasteiger partial charge in [-0.2, -0.15) is 13.2 Å². The molecule has 0 spiro atoms. The summed E-state index contributed by atoms with van der Waals surface area (Å²) in [5.74, 6) is -1.95. The molecule has 0 radical (unpaired) electrons. The molecule has 0 saturated heterocycles. The maximum Gasteiger partial charge on any atom is 0.471 e. The first-order valence-corrected chi connectivity index (χ1v) is 13.6. The molecule has 0 aromatic heterocycles. The number of rotatable bonds is 7. The van der Waals surface area contributed by atoms with Gasteiger partial charge in [0.25, 0.3) is 0 Å². The molecule has 0 bridgehead atoms. The molecule has 0 fully saturated rings. The van der Waals surface area contributed by atoms with Gasteiger partial charge in [-0.3, -0.25) is 4.79 Å². The lowest BCUT2D eigenvalue weighted by molar-refractivity contribution is -0.175. The summed E-state index contributed by atoms with van der Waals surface area (Å²) in [5.41, 5.74) is 0.504. The third-order valence-corrected chi connectivity index (χ3v) is 10.7. The standard InChI is InChI=1S/C30H27F3NOP.ClH/c1-29(2,34-28(35)30(31,32)33)24-20-18-23(19-21-24)22-36(25-12-6-3-7-13-25,26-14-8-4-9-15-26)27-16-10-5-11-17-27;/h3-21H,22H2,1-2H3;1H. The van der Waals surface area contributed by atoms with Crippen molar-refractivity contribution in [2.45, 2.75) is 31.7 Å². The molecule has 192 valence electrons. The van der Waals surface area contributed by atoms with Crippen LogP contribution in [0.25, 0.3) is 0 Å². The molecule has 0 aliphatic heterocycles. The van der Waals surface area contributed by atoms with E-state index in [1.54, 1.807) is 13.8 Å². The highest BCUT2D eigenvalue weighted by molar-refractivity contribution is 7.95. The fourth-order valence-electron chi connectivity index (χ4n) is 4.50. The predicted octanol–water partition coefficient (Wildman–Crippen LogP) is 3.10. The van der Waals surface area contributed by atoms with Crippen molar-refractivity contribution < 1.29 is 30.4 Å². The van der Waals surface area contributed by atoms with Crippen LogP contribution in [-0.4, -0.2) is 12.1 Å². The van der Waals surface area contributed by atoms with Crippen molar-refractivity contribution in [3.8, 4) is 0 Å². The Bertz CT molecular complexity index is 1200. The second-order valence-corrected chi connectivity index (χ2v) is 12.7. The molecule has 0 atom stereocenters. The van der Waals surface area contributed by atoms with E-state index in [0.29, 0.717) is 5.56 Å². The maximum absolute atomic E-state index is 12.8.